The highest BCUT2D eigenvalue weighted by atomic mass is 16.5. The molecule has 1 unspecified atom stereocenters. The van der Waals surface area contributed by atoms with E-state index < -0.39 is 0 Å². The molecule has 0 saturated carbocycles. The summed E-state index contributed by atoms with van der Waals surface area (Å²) in [5.41, 5.74) is 1.15. The second-order valence-electron chi connectivity index (χ2n) is 6.75. The molecule has 0 spiro atoms. The van der Waals surface area contributed by atoms with Crippen LogP contribution in [0.25, 0.3) is 0 Å². The Balaban J connectivity index is 1.47. The van der Waals surface area contributed by atoms with Crippen LogP contribution in [-0.4, -0.2) is 58.8 Å². The summed E-state index contributed by atoms with van der Waals surface area (Å²) in [4.78, 5) is 11.0. The Morgan fingerprint density at radius 1 is 1.38 bits per heavy atom. The topological polar surface area (TPSA) is 78.4 Å². The zero-order valence-electron chi connectivity index (χ0n) is 15.8. The lowest BCUT2D eigenvalue weighted by Gasteiger charge is -2.33. The molecule has 1 aromatic carbocycles. The Labute approximate surface area is 154 Å². The number of piperidine rings is 1. The molecule has 1 aliphatic rings. The first-order chi connectivity index (χ1) is 12.7. The van der Waals surface area contributed by atoms with Crippen LogP contribution >= 0.6 is 0 Å². The van der Waals surface area contributed by atoms with E-state index in [2.05, 4.69) is 50.3 Å². The first-order valence-corrected chi connectivity index (χ1v) is 9.20. The number of benzene rings is 1. The number of rotatable bonds is 5. The fraction of sp³-hybridized carbons (Fsp3) is 0.526. The molecule has 1 fully saturated rings. The summed E-state index contributed by atoms with van der Waals surface area (Å²) in [5.74, 6) is 3.31. The average molecular weight is 356 g/mol. The second-order valence-corrected chi connectivity index (χ2v) is 6.75. The first kappa shape index (κ1) is 18.2. The maximum Gasteiger partial charge on any atom is 0.193 e. The number of para-hydroxylation sites is 1. The van der Waals surface area contributed by atoms with E-state index in [9.17, 15) is 0 Å². The van der Waals surface area contributed by atoms with Gasteiger partial charge in [0.2, 0.25) is 0 Å². The van der Waals surface area contributed by atoms with Gasteiger partial charge in [0.1, 0.15) is 24.0 Å². The van der Waals surface area contributed by atoms with Crippen molar-refractivity contribution in [1.29, 1.82) is 0 Å². The molecule has 0 bridgehead atoms. The van der Waals surface area contributed by atoms with E-state index in [-0.39, 0.29) is 6.10 Å². The summed E-state index contributed by atoms with van der Waals surface area (Å²) >= 11 is 0. The number of ether oxygens (including phenoxy) is 1. The fourth-order valence-corrected chi connectivity index (χ4v) is 3.29. The molecule has 140 valence electrons. The molecule has 26 heavy (non-hydrogen) atoms. The molecule has 3 rings (SSSR count). The number of aliphatic imine (C=N–C) groups is 1. The van der Waals surface area contributed by atoms with Gasteiger partial charge in [0.05, 0.1) is 6.54 Å². The van der Waals surface area contributed by atoms with Gasteiger partial charge >= 0.3 is 0 Å². The number of aromatic nitrogens is 3. The second kappa shape index (κ2) is 8.69. The molecule has 0 amide bonds. The number of hydrogen-bond donors (Lipinski definition) is 2. The lowest BCUT2D eigenvalue weighted by Crippen LogP contribution is -2.47. The predicted octanol–water partition coefficient (Wildman–Crippen LogP) is 2.34. The van der Waals surface area contributed by atoms with Crippen LogP contribution in [0.2, 0.25) is 0 Å². The van der Waals surface area contributed by atoms with Crippen molar-refractivity contribution in [3.63, 3.8) is 0 Å². The lowest BCUT2D eigenvalue weighted by molar-refractivity contribution is 0.218. The highest BCUT2D eigenvalue weighted by Crippen LogP contribution is 2.25. The van der Waals surface area contributed by atoms with E-state index in [0.29, 0.717) is 12.5 Å². The molecule has 1 atom stereocenters. The normalized spacial score (nSPS) is 17.2. The Bertz CT molecular complexity index is 707. The highest BCUT2D eigenvalue weighted by molar-refractivity contribution is 5.80. The zero-order valence-corrected chi connectivity index (χ0v) is 15.8. The van der Waals surface area contributed by atoms with Gasteiger partial charge < -0.3 is 15.0 Å². The van der Waals surface area contributed by atoms with Crippen molar-refractivity contribution in [3.8, 4) is 5.75 Å². The molecular formula is C19H28N6O. The van der Waals surface area contributed by atoms with Crippen molar-refractivity contribution in [3.05, 3.63) is 42.0 Å². The van der Waals surface area contributed by atoms with Gasteiger partial charge in [-0.2, -0.15) is 5.10 Å². The van der Waals surface area contributed by atoms with Crippen molar-refractivity contribution in [2.24, 2.45) is 4.99 Å². The van der Waals surface area contributed by atoms with Gasteiger partial charge in [-0.3, -0.25) is 10.1 Å². The zero-order chi connectivity index (χ0) is 18.4. The Morgan fingerprint density at radius 3 is 2.81 bits per heavy atom. The molecule has 2 N–H and O–H groups in total. The van der Waals surface area contributed by atoms with E-state index in [0.717, 1.165) is 49.0 Å². The molecule has 0 radical (unpaired) electrons. The largest absolute Gasteiger partial charge is 0.489 e. The third kappa shape index (κ3) is 4.53. The Morgan fingerprint density at radius 2 is 2.15 bits per heavy atom. The van der Waals surface area contributed by atoms with Crippen molar-refractivity contribution in [2.75, 3.05) is 26.7 Å². The van der Waals surface area contributed by atoms with E-state index in [1.165, 1.54) is 0 Å². The van der Waals surface area contributed by atoms with Crippen LogP contribution < -0.4 is 10.1 Å². The summed E-state index contributed by atoms with van der Waals surface area (Å²) < 4.78 is 6.04. The number of nitrogens with one attached hydrogen (secondary N) is 2. The van der Waals surface area contributed by atoms with Crippen molar-refractivity contribution >= 4 is 5.96 Å². The molecule has 2 heterocycles. The number of likely N-dealkylation sites (tertiary alicyclic amines) is 1. The smallest absolute Gasteiger partial charge is 0.193 e. The summed E-state index contributed by atoms with van der Waals surface area (Å²) in [5, 5.41) is 10.4. The van der Waals surface area contributed by atoms with E-state index in [1.807, 2.05) is 25.2 Å². The van der Waals surface area contributed by atoms with Crippen LogP contribution in [0, 0.1) is 6.92 Å². The molecule has 7 nitrogen and oxygen atoms in total. The average Bonchev–Trinajstić information content (AvgIpc) is 3.19. The number of aromatic amines is 1. The Kier molecular flexibility index (Phi) is 6.09. The molecule has 1 saturated heterocycles. The van der Waals surface area contributed by atoms with Crippen molar-refractivity contribution in [2.45, 2.75) is 38.7 Å². The SMILES string of the molecule is CN=C(NCC(C)Oc1ccccc1C)N1CCC(c2ncn[nH]2)CC1. The van der Waals surface area contributed by atoms with Gasteiger partial charge in [-0.25, -0.2) is 4.98 Å². The minimum atomic E-state index is 0.0552. The number of hydrogen-bond acceptors (Lipinski definition) is 4. The molecule has 2 aromatic rings. The van der Waals surface area contributed by atoms with Crippen molar-refractivity contribution < 1.29 is 4.74 Å². The van der Waals surface area contributed by atoms with Crippen LogP contribution in [0.4, 0.5) is 0 Å². The first-order valence-electron chi connectivity index (χ1n) is 9.20. The van der Waals surface area contributed by atoms with Crippen molar-refractivity contribution in [1.82, 2.24) is 25.4 Å². The molecule has 7 heteroatoms. The van der Waals surface area contributed by atoms with E-state index in [1.54, 1.807) is 6.33 Å². The van der Waals surface area contributed by atoms with E-state index >= 15 is 0 Å². The van der Waals surface area contributed by atoms with Crippen LogP contribution in [0.5, 0.6) is 5.75 Å². The van der Waals surface area contributed by atoms with E-state index in [4.69, 9.17) is 4.74 Å². The minimum absolute atomic E-state index is 0.0552. The molecule has 0 aliphatic carbocycles. The van der Waals surface area contributed by atoms with Gasteiger partial charge in [-0.15, -0.1) is 0 Å². The number of guanidine groups is 1. The summed E-state index contributed by atoms with van der Waals surface area (Å²) in [6.45, 7) is 6.76. The van der Waals surface area contributed by atoms with Crippen LogP contribution in [0.15, 0.2) is 35.6 Å². The maximum atomic E-state index is 6.04. The summed E-state index contributed by atoms with van der Waals surface area (Å²) in [6.07, 6.45) is 3.73. The third-order valence-electron chi connectivity index (χ3n) is 4.80. The predicted molar refractivity (Wildman–Crippen MR) is 103 cm³/mol. The van der Waals surface area contributed by atoms with Crippen LogP contribution in [-0.2, 0) is 0 Å². The highest BCUT2D eigenvalue weighted by Gasteiger charge is 2.24. The van der Waals surface area contributed by atoms with Gasteiger partial charge in [-0.05, 0) is 38.3 Å². The van der Waals surface area contributed by atoms with Gasteiger partial charge in [0.15, 0.2) is 5.96 Å². The van der Waals surface area contributed by atoms with Crippen LogP contribution in [0.1, 0.15) is 37.1 Å². The van der Waals surface area contributed by atoms with Gasteiger partial charge in [-0.1, -0.05) is 18.2 Å². The van der Waals surface area contributed by atoms with Gasteiger partial charge in [0.25, 0.3) is 0 Å². The quantitative estimate of drug-likeness (QED) is 0.635. The molecule has 1 aromatic heterocycles. The number of nitrogens with zero attached hydrogens (tertiary/aromatic N) is 4. The summed E-state index contributed by atoms with van der Waals surface area (Å²) in [7, 11) is 1.83. The minimum Gasteiger partial charge on any atom is -0.489 e. The lowest BCUT2D eigenvalue weighted by atomic mass is 9.96. The molecular weight excluding hydrogens is 328 g/mol. The maximum absolute atomic E-state index is 6.04. The monoisotopic (exact) mass is 356 g/mol. The third-order valence-corrected chi connectivity index (χ3v) is 4.80. The van der Waals surface area contributed by atoms with Crippen LogP contribution in [0.3, 0.4) is 0 Å². The number of H-pyrrole nitrogens is 1. The van der Waals surface area contributed by atoms with Gasteiger partial charge in [0, 0.05) is 26.1 Å². The Hall–Kier alpha value is -2.57. The standard InChI is InChI=1S/C19H28N6O/c1-14-6-4-5-7-17(14)26-15(2)12-21-19(20-3)25-10-8-16(9-11-25)18-22-13-23-24-18/h4-7,13,15-16H,8-12H2,1-3H3,(H,20,21)(H,22,23,24). The fourth-order valence-electron chi connectivity index (χ4n) is 3.29. The summed E-state index contributed by atoms with van der Waals surface area (Å²) in [6, 6.07) is 8.09. The molecule has 1 aliphatic heterocycles. The number of aryl methyl sites for hydroxylation is 1.